The molecule has 2 N–H and O–H groups in total. The maximum Gasteiger partial charge on any atom is 0.137 e. The van der Waals surface area contributed by atoms with E-state index >= 15 is 0 Å². The van der Waals surface area contributed by atoms with Crippen molar-refractivity contribution in [2.45, 2.75) is 11.3 Å². The minimum Gasteiger partial charge on any atom is -0.492 e. The van der Waals surface area contributed by atoms with Gasteiger partial charge in [-0.3, -0.25) is 5.14 Å². The van der Waals surface area contributed by atoms with Gasteiger partial charge in [0.1, 0.15) is 17.1 Å². The lowest BCUT2D eigenvalue weighted by Crippen LogP contribution is -1.89. The lowest BCUT2D eigenvalue weighted by molar-refractivity contribution is 0.350. The van der Waals surface area contributed by atoms with Gasteiger partial charge in [-0.05, 0) is 41.8 Å². The highest BCUT2D eigenvalue weighted by Gasteiger charge is 2.19. The van der Waals surface area contributed by atoms with Crippen LogP contribution in [0.5, 0.6) is 5.75 Å². The normalized spacial score (nSPS) is 13.4. The number of nitrogens with two attached hydrogens (primary N) is 1. The van der Waals surface area contributed by atoms with Crippen molar-refractivity contribution in [3.8, 4) is 17.1 Å². The van der Waals surface area contributed by atoms with Crippen molar-refractivity contribution in [3.05, 3.63) is 48.0 Å². The minimum atomic E-state index is 0.729. The van der Waals surface area contributed by atoms with E-state index in [1.54, 1.807) is 0 Å². The predicted molar refractivity (Wildman–Crippen MR) is 80.9 cm³/mol. The van der Waals surface area contributed by atoms with Crippen LogP contribution >= 0.6 is 11.9 Å². The number of para-hydroxylation sites is 1. The summed E-state index contributed by atoms with van der Waals surface area (Å²) in [5, 5.41) is 6.86. The number of rotatable bonds is 2. The summed E-state index contributed by atoms with van der Waals surface area (Å²) >= 11 is 1.22. The number of hydrogen-bond donors (Lipinski definition) is 1. The average Bonchev–Trinajstić information content (AvgIpc) is 3.12. The number of hydrogen-bond acceptors (Lipinski definition) is 4. The third kappa shape index (κ3) is 1.80. The Kier molecular flexibility index (Phi) is 2.72. The fraction of sp³-hybridized carbons (Fsp3) is 0.125. The largest absolute Gasteiger partial charge is 0.492 e. The van der Waals surface area contributed by atoms with Crippen LogP contribution in [0.15, 0.2) is 51.8 Å². The van der Waals surface area contributed by atoms with Crippen molar-refractivity contribution in [2.75, 3.05) is 6.61 Å². The monoisotopic (exact) mass is 283 g/mol. The van der Waals surface area contributed by atoms with Gasteiger partial charge in [-0.1, -0.05) is 18.2 Å². The second kappa shape index (κ2) is 4.58. The molecule has 2 heterocycles. The Labute approximate surface area is 120 Å². The van der Waals surface area contributed by atoms with E-state index in [0.717, 1.165) is 46.0 Å². The molecule has 3 aromatic rings. The van der Waals surface area contributed by atoms with Crippen LogP contribution < -0.4 is 9.88 Å². The quantitative estimate of drug-likeness (QED) is 0.722. The van der Waals surface area contributed by atoms with Gasteiger partial charge in [-0.15, -0.1) is 0 Å². The highest BCUT2D eigenvalue weighted by atomic mass is 32.2. The van der Waals surface area contributed by atoms with E-state index in [2.05, 4.69) is 18.2 Å². The molecule has 0 bridgehead atoms. The van der Waals surface area contributed by atoms with Gasteiger partial charge in [0.15, 0.2) is 0 Å². The van der Waals surface area contributed by atoms with Crippen molar-refractivity contribution in [2.24, 2.45) is 5.14 Å². The zero-order chi connectivity index (χ0) is 13.5. The lowest BCUT2D eigenvalue weighted by Gasteiger charge is -2.07. The number of fused-ring (bicyclic) bond motifs is 2. The first-order chi connectivity index (χ1) is 9.85. The Bertz CT molecular complexity index is 761. The summed E-state index contributed by atoms with van der Waals surface area (Å²) in [6.07, 6.45) is 0.928. The first kappa shape index (κ1) is 11.9. The predicted octanol–water partition coefficient (Wildman–Crippen LogP) is 4.00. The van der Waals surface area contributed by atoms with Crippen LogP contribution in [-0.2, 0) is 6.42 Å². The Morgan fingerprint density at radius 1 is 1.10 bits per heavy atom. The Morgan fingerprint density at radius 3 is 2.85 bits per heavy atom. The Hall–Kier alpha value is -1.91. The summed E-state index contributed by atoms with van der Waals surface area (Å²) < 4.78 is 11.6. The van der Waals surface area contributed by atoms with E-state index in [4.69, 9.17) is 14.3 Å². The molecule has 0 aliphatic carbocycles. The summed E-state index contributed by atoms with van der Waals surface area (Å²) in [7, 11) is 0. The Morgan fingerprint density at radius 2 is 2.00 bits per heavy atom. The maximum absolute atomic E-state index is 5.92. The average molecular weight is 283 g/mol. The number of ether oxygens (including phenoxy) is 1. The summed E-state index contributed by atoms with van der Waals surface area (Å²) in [6.45, 7) is 0.729. The Balaban J connectivity index is 1.89. The van der Waals surface area contributed by atoms with Crippen molar-refractivity contribution in [1.82, 2.24) is 0 Å². The minimum absolute atomic E-state index is 0.729. The van der Waals surface area contributed by atoms with E-state index in [9.17, 15) is 0 Å². The molecule has 0 saturated heterocycles. The molecule has 0 fully saturated rings. The van der Waals surface area contributed by atoms with E-state index in [0.29, 0.717) is 0 Å². The van der Waals surface area contributed by atoms with Crippen molar-refractivity contribution in [3.63, 3.8) is 0 Å². The summed E-state index contributed by atoms with van der Waals surface area (Å²) in [5.74, 6) is 1.80. The van der Waals surface area contributed by atoms with E-state index in [1.807, 2.05) is 24.3 Å². The van der Waals surface area contributed by atoms with Crippen LogP contribution in [0.1, 0.15) is 5.56 Å². The standard InChI is InChI=1S/C16H13NO2S/c17-20-15-9-12(7-11-5-6-18-16(11)15)14-8-10-3-1-2-4-13(10)19-14/h1-4,7-9H,5-6,17H2. The van der Waals surface area contributed by atoms with Gasteiger partial charge in [0, 0.05) is 17.4 Å². The SMILES string of the molecule is NSc1cc(-c2cc3ccccc3o2)cc2c1OCC2. The molecule has 0 amide bonds. The van der Waals surface area contributed by atoms with Crippen molar-refractivity contribution in [1.29, 1.82) is 0 Å². The highest BCUT2D eigenvalue weighted by molar-refractivity contribution is 7.97. The van der Waals surface area contributed by atoms with E-state index in [-0.39, 0.29) is 0 Å². The molecule has 0 atom stereocenters. The molecule has 4 heteroatoms. The molecule has 1 aliphatic heterocycles. The van der Waals surface area contributed by atoms with Crippen LogP contribution in [-0.4, -0.2) is 6.61 Å². The number of benzene rings is 2. The van der Waals surface area contributed by atoms with Crippen molar-refractivity contribution < 1.29 is 9.15 Å². The van der Waals surface area contributed by atoms with Crippen LogP contribution in [0.25, 0.3) is 22.3 Å². The fourth-order valence-corrected chi connectivity index (χ4v) is 3.12. The molecule has 1 aromatic heterocycles. The summed E-state index contributed by atoms with van der Waals surface area (Å²) in [6, 6.07) is 14.3. The fourth-order valence-electron chi connectivity index (χ4n) is 2.63. The molecule has 0 radical (unpaired) electrons. The molecule has 3 nitrogen and oxygen atoms in total. The first-order valence-corrected chi connectivity index (χ1v) is 7.38. The molecule has 0 spiro atoms. The van der Waals surface area contributed by atoms with Crippen LogP contribution in [0, 0.1) is 0 Å². The van der Waals surface area contributed by atoms with Crippen LogP contribution in [0.4, 0.5) is 0 Å². The number of furan rings is 1. The molecular formula is C16H13NO2S. The second-order valence-electron chi connectivity index (χ2n) is 4.83. The zero-order valence-corrected chi connectivity index (χ0v) is 11.6. The maximum atomic E-state index is 5.92. The summed E-state index contributed by atoms with van der Waals surface area (Å²) in [5.41, 5.74) is 3.16. The molecule has 100 valence electrons. The van der Waals surface area contributed by atoms with Gasteiger partial charge in [-0.2, -0.15) is 0 Å². The van der Waals surface area contributed by atoms with Gasteiger partial charge in [0.2, 0.25) is 0 Å². The van der Waals surface area contributed by atoms with Gasteiger partial charge in [-0.25, -0.2) is 0 Å². The third-order valence-electron chi connectivity index (χ3n) is 3.59. The second-order valence-corrected chi connectivity index (χ2v) is 5.50. The third-order valence-corrected chi connectivity index (χ3v) is 4.14. The van der Waals surface area contributed by atoms with Gasteiger partial charge in [0.05, 0.1) is 11.5 Å². The molecule has 0 saturated carbocycles. The lowest BCUT2D eigenvalue weighted by atomic mass is 10.1. The highest BCUT2D eigenvalue weighted by Crippen LogP contribution is 2.39. The van der Waals surface area contributed by atoms with Gasteiger partial charge >= 0.3 is 0 Å². The zero-order valence-electron chi connectivity index (χ0n) is 10.8. The topological polar surface area (TPSA) is 48.4 Å². The van der Waals surface area contributed by atoms with E-state index < -0.39 is 0 Å². The molecule has 2 aromatic carbocycles. The van der Waals surface area contributed by atoms with Crippen LogP contribution in [0.3, 0.4) is 0 Å². The molecular weight excluding hydrogens is 270 g/mol. The summed E-state index contributed by atoms with van der Waals surface area (Å²) in [4.78, 5) is 0.968. The van der Waals surface area contributed by atoms with Gasteiger partial charge < -0.3 is 9.15 Å². The smallest absolute Gasteiger partial charge is 0.137 e. The molecule has 20 heavy (non-hydrogen) atoms. The first-order valence-electron chi connectivity index (χ1n) is 6.50. The molecule has 4 rings (SSSR count). The van der Waals surface area contributed by atoms with E-state index in [1.165, 1.54) is 17.5 Å². The molecule has 1 aliphatic rings. The van der Waals surface area contributed by atoms with Crippen LogP contribution in [0.2, 0.25) is 0 Å². The van der Waals surface area contributed by atoms with Crippen molar-refractivity contribution >= 4 is 22.9 Å². The molecule has 0 unspecified atom stereocenters. The van der Waals surface area contributed by atoms with Gasteiger partial charge in [0.25, 0.3) is 0 Å².